The molecule has 0 saturated carbocycles. The van der Waals surface area contributed by atoms with Crippen LogP contribution in [0.4, 0.5) is 34.1 Å². The highest BCUT2D eigenvalue weighted by molar-refractivity contribution is 8.00. The molecule has 0 bridgehead atoms. The Kier molecular flexibility index (Phi) is 6.29. The van der Waals surface area contributed by atoms with Gasteiger partial charge in [0.05, 0.1) is 39.6 Å². The lowest BCUT2D eigenvalue weighted by molar-refractivity contribution is 0.436. The average Bonchev–Trinajstić information content (AvgIpc) is 3.52. The predicted octanol–water partition coefficient (Wildman–Crippen LogP) is 11.6. The van der Waals surface area contributed by atoms with Gasteiger partial charge in [0.25, 0.3) is 0 Å². The Morgan fingerprint density at radius 2 is 0.833 bits per heavy atom. The monoisotopic (exact) mass is 730 g/mol. The Hall–Kier alpha value is -6.42. The highest BCUT2D eigenvalue weighted by Crippen LogP contribution is 2.63. The van der Waals surface area contributed by atoms with Crippen molar-refractivity contribution in [3.8, 4) is 22.9 Å². The van der Waals surface area contributed by atoms with Crippen LogP contribution in [0, 0.1) is 0 Å². The first kappa shape index (κ1) is 30.1. The summed E-state index contributed by atoms with van der Waals surface area (Å²) in [4.78, 5) is 28.3. The molecule has 0 radical (unpaired) electrons. The SMILES string of the molecule is c1ccc2c(c1)Sc1ccccc1N2c1ccc2c(c1)Oc1cc(N3c4ccccc4Sc4ccccc43)ccc1C21c2cncnc2-c2ncncc21. The molecule has 0 fully saturated rings. The molecule has 1 aliphatic carbocycles. The van der Waals surface area contributed by atoms with Crippen molar-refractivity contribution < 1.29 is 4.74 Å². The summed E-state index contributed by atoms with van der Waals surface area (Å²) < 4.78 is 7.16. The van der Waals surface area contributed by atoms with Crippen LogP contribution in [0.1, 0.15) is 22.3 Å². The molecular weight excluding hydrogens is 705 g/mol. The molecule has 2 aromatic heterocycles. The number of nitrogens with zero attached hydrogens (tertiary/aromatic N) is 6. The third-order valence-corrected chi connectivity index (χ3v) is 13.1. The maximum absolute atomic E-state index is 7.16. The van der Waals surface area contributed by atoms with Crippen LogP contribution >= 0.6 is 23.5 Å². The van der Waals surface area contributed by atoms with Gasteiger partial charge in [0.15, 0.2) is 0 Å². The van der Waals surface area contributed by atoms with Crippen LogP contribution in [-0.2, 0) is 5.41 Å². The molecule has 9 heteroatoms. The zero-order chi connectivity index (χ0) is 35.4. The van der Waals surface area contributed by atoms with E-state index in [2.05, 4.69) is 153 Å². The van der Waals surface area contributed by atoms with Crippen molar-refractivity contribution in [2.24, 2.45) is 0 Å². The van der Waals surface area contributed by atoms with Crippen LogP contribution in [0.2, 0.25) is 0 Å². The predicted molar refractivity (Wildman–Crippen MR) is 213 cm³/mol. The van der Waals surface area contributed by atoms with Crippen LogP contribution in [-0.4, -0.2) is 19.9 Å². The molecule has 3 aliphatic heterocycles. The lowest BCUT2D eigenvalue weighted by Gasteiger charge is -2.40. The van der Waals surface area contributed by atoms with Gasteiger partial charge in [0.2, 0.25) is 0 Å². The first-order valence-corrected chi connectivity index (χ1v) is 19.3. The zero-order valence-electron chi connectivity index (χ0n) is 28.4. The molecule has 54 heavy (non-hydrogen) atoms. The maximum atomic E-state index is 7.16. The lowest BCUT2D eigenvalue weighted by Crippen LogP contribution is -2.33. The first-order valence-electron chi connectivity index (χ1n) is 17.7. The zero-order valence-corrected chi connectivity index (χ0v) is 30.1. The summed E-state index contributed by atoms with van der Waals surface area (Å²) in [6.07, 6.45) is 7.08. The summed E-state index contributed by atoms with van der Waals surface area (Å²) >= 11 is 3.60. The Labute approximate surface area is 319 Å². The van der Waals surface area contributed by atoms with Gasteiger partial charge in [-0.1, -0.05) is 84.2 Å². The van der Waals surface area contributed by atoms with Crippen LogP contribution in [0.15, 0.2) is 178 Å². The largest absolute Gasteiger partial charge is 0.457 e. The Balaban J connectivity index is 1.11. The number of benzene rings is 6. The number of anilines is 6. The smallest absolute Gasteiger partial charge is 0.134 e. The van der Waals surface area contributed by atoms with Gasteiger partial charge in [0, 0.05) is 77.7 Å². The molecule has 12 rings (SSSR count). The average molecular weight is 731 g/mol. The highest BCUT2D eigenvalue weighted by atomic mass is 32.2. The van der Waals surface area contributed by atoms with Crippen molar-refractivity contribution in [2.45, 2.75) is 25.0 Å². The standard InChI is InChI=1S/C45H26N6OS2/c1-5-13-39-33(9-1)50(34-10-2-6-14-40(34)53-39)27-17-19-29-37(21-27)52-38-22-28(51-35-11-3-7-15-41(35)54-42-16-8-4-12-36(42)51)18-20-30(38)45(29)31-23-46-25-48-43(31)44-32(45)24-47-26-49-44/h1-26H. The van der Waals surface area contributed by atoms with Crippen LogP contribution in [0.3, 0.4) is 0 Å². The second-order valence-electron chi connectivity index (χ2n) is 13.5. The minimum Gasteiger partial charge on any atom is -0.457 e. The number of hydrogen-bond acceptors (Lipinski definition) is 9. The first-order chi connectivity index (χ1) is 26.8. The second-order valence-corrected chi connectivity index (χ2v) is 15.7. The van der Waals surface area contributed by atoms with E-state index in [-0.39, 0.29) is 0 Å². The molecule has 0 amide bonds. The molecule has 0 unspecified atom stereocenters. The van der Waals surface area contributed by atoms with Gasteiger partial charge in [-0.25, -0.2) is 19.9 Å². The fourth-order valence-electron chi connectivity index (χ4n) is 8.63. The Morgan fingerprint density at radius 3 is 1.24 bits per heavy atom. The number of aromatic nitrogens is 4. The van der Waals surface area contributed by atoms with Crippen molar-refractivity contribution in [3.05, 3.63) is 181 Å². The summed E-state index contributed by atoms with van der Waals surface area (Å²) in [5, 5.41) is 0. The fourth-order valence-corrected chi connectivity index (χ4v) is 10.7. The molecule has 7 nitrogen and oxygen atoms in total. The van der Waals surface area contributed by atoms with E-state index >= 15 is 0 Å². The molecule has 8 aromatic rings. The van der Waals surface area contributed by atoms with E-state index in [0.717, 1.165) is 79.3 Å². The number of para-hydroxylation sites is 4. The van der Waals surface area contributed by atoms with E-state index < -0.39 is 5.41 Å². The van der Waals surface area contributed by atoms with Crippen LogP contribution in [0.25, 0.3) is 11.4 Å². The van der Waals surface area contributed by atoms with E-state index in [4.69, 9.17) is 14.7 Å². The van der Waals surface area contributed by atoms with E-state index in [1.54, 1.807) is 36.2 Å². The molecule has 1 spiro atoms. The molecule has 6 aromatic carbocycles. The number of fused-ring (bicyclic) bond motifs is 13. The van der Waals surface area contributed by atoms with Gasteiger partial charge >= 0.3 is 0 Å². The van der Waals surface area contributed by atoms with Crippen molar-refractivity contribution in [1.82, 2.24) is 19.9 Å². The van der Waals surface area contributed by atoms with Crippen LogP contribution in [0.5, 0.6) is 11.5 Å². The highest BCUT2D eigenvalue weighted by Gasteiger charge is 2.53. The second kappa shape index (κ2) is 11.3. The topological polar surface area (TPSA) is 67.3 Å². The molecule has 0 saturated heterocycles. The van der Waals surface area contributed by atoms with Gasteiger partial charge in [-0.05, 0) is 60.7 Å². The van der Waals surface area contributed by atoms with Gasteiger partial charge in [-0.15, -0.1) is 0 Å². The summed E-state index contributed by atoms with van der Waals surface area (Å²) in [5.74, 6) is 1.51. The van der Waals surface area contributed by atoms with Gasteiger partial charge in [0.1, 0.15) is 24.2 Å². The van der Waals surface area contributed by atoms with Crippen molar-refractivity contribution in [3.63, 3.8) is 0 Å². The molecule has 254 valence electrons. The number of hydrogen-bond donors (Lipinski definition) is 0. The maximum Gasteiger partial charge on any atom is 0.134 e. The number of ether oxygens (including phenoxy) is 1. The quantitative estimate of drug-likeness (QED) is 0.173. The summed E-state index contributed by atoms with van der Waals surface area (Å²) in [6.45, 7) is 0. The van der Waals surface area contributed by atoms with E-state index in [9.17, 15) is 0 Å². The van der Waals surface area contributed by atoms with E-state index in [1.165, 1.54) is 19.6 Å². The van der Waals surface area contributed by atoms with Gasteiger partial charge in [-0.2, -0.15) is 0 Å². The Morgan fingerprint density at radius 1 is 0.444 bits per heavy atom. The van der Waals surface area contributed by atoms with E-state index in [0.29, 0.717) is 0 Å². The fraction of sp³-hybridized carbons (Fsp3) is 0.0222. The minimum absolute atomic E-state index is 0.756. The van der Waals surface area contributed by atoms with Crippen molar-refractivity contribution in [1.29, 1.82) is 0 Å². The van der Waals surface area contributed by atoms with Crippen LogP contribution < -0.4 is 14.5 Å². The third kappa shape index (κ3) is 4.05. The normalized spacial score (nSPS) is 14.7. The molecule has 0 atom stereocenters. The summed E-state index contributed by atoms with van der Waals surface area (Å²) in [5.41, 5.74) is 11.3. The van der Waals surface area contributed by atoms with E-state index in [1.807, 2.05) is 12.4 Å². The third-order valence-electron chi connectivity index (χ3n) is 10.8. The van der Waals surface area contributed by atoms with Crippen molar-refractivity contribution >= 4 is 57.6 Å². The molecular formula is C45H26N6OS2. The Bertz CT molecular complexity index is 2590. The molecule has 0 N–H and O–H groups in total. The minimum atomic E-state index is -0.811. The lowest BCUT2D eigenvalue weighted by atomic mass is 9.67. The van der Waals surface area contributed by atoms with Gasteiger partial charge < -0.3 is 14.5 Å². The summed E-state index contributed by atoms with van der Waals surface area (Å²) in [7, 11) is 0. The summed E-state index contributed by atoms with van der Waals surface area (Å²) in [6, 6.07) is 47.5. The number of rotatable bonds is 2. The van der Waals surface area contributed by atoms with Gasteiger partial charge in [-0.3, -0.25) is 0 Å². The molecule has 4 aliphatic rings. The van der Waals surface area contributed by atoms with Crippen molar-refractivity contribution in [2.75, 3.05) is 9.80 Å². The molecule has 5 heterocycles.